The Morgan fingerprint density at radius 1 is 1.43 bits per heavy atom. The van der Waals surface area contributed by atoms with Gasteiger partial charge >= 0.3 is 0 Å². The summed E-state index contributed by atoms with van der Waals surface area (Å²) in [5.41, 5.74) is 0.928. The topological polar surface area (TPSA) is 38.7 Å². The Kier molecular flexibility index (Phi) is 4.41. The maximum atomic E-state index is 10.6. The minimum absolute atomic E-state index is 0.207. The number of nitrogens with zero attached hydrogens (tertiary/aromatic N) is 1. The van der Waals surface area contributed by atoms with Crippen LogP contribution in [-0.2, 0) is 9.63 Å². The Morgan fingerprint density at radius 2 is 2.14 bits per heavy atom. The van der Waals surface area contributed by atoms with Gasteiger partial charge in [0.2, 0.25) is 0 Å². The molecule has 1 rings (SSSR count). The van der Waals surface area contributed by atoms with Crippen LogP contribution < -0.4 is 0 Å². The molecule has 0 bridgehead atoms. The van der Waals surface area contributed by atoms with E-state index in [0.29, 0.717) is 6.61 Å². The van der Waals surface area contributed by atoms with Gasteiger partial charge in [0.1, 0.15) is 6.61 Å². The standard InChI is InChI=1S/C11H12NO2/c1-2-8-14-12-11(9-13)10-6-4-3-5-7-10/h3-7H,2,8H2,1H3. The SMILES string of the molecule is CCCON=C([C]=O)c1ccccc1. The molecule has 0 atom stereocenters. The Labute approximate surface area is 83.4 Å². The summed E-state index contributed by atoms with van der Waals surface area (Å²) in [7, 11) is 0. The van der Waals surface area contributed by atoms with Gasteiger partial charge in [0, 0.05) is 5.56 Å². The first-order valence-electron chi connectivity index (χ1n) is 4.52. The van der Waals surface area contributed by atoms with Crippen molar-refractivity contribution in [1.82, 2.24) is 0 Å². The first-order valence-corrected chi connectivity index (χ1v) is 4.52. The van der Waals surface area contributed by atoms with E-state index in [1.165, 1.54) is 0 Å². The van der Waals surface area contributed by atoms with Crippen molar-refractivity contribution in [3.63, 3.8) is 0 Å². The lowest BCUT2D eigenvalue weighted by Crippen LogP contribution is -2.03. The molecular weight excluding hydrogens is 178 g/mol. The molecule has 0 unspecified atom stereocenters. The fourth-order valence-corrected chi connectivity index (χ4v) is 0.928. The molecular formula is C11H12NO2. The summed E-state index contributed by atoms with van der Waals surface area (Å²) >= 11 is 0. The summed E-state index contributed by atoms with van der Waals surface area (Å²) in [4.78, 5) is 15.5. The van der Waals surface area contributed by atoms with Crippen molar-refractivity contribution in [3.05, 3.63) is 35.9 Å². The highest BCUT2D eigenvalue weighted by atomic mass is 16.6. The number of hydrogen-bond donors (Lipinski definition) is 0. The van der Waals surface area contributed by atoms with Gasteiger partial charge in [-0.05, 0) is 6.42 Å². The van der Waals surface area contributed by atoms with Crippen LogP contribution in [0, 0.1) is 0 Å². The van der Waals surface area contributed by atoms with E-state index in [1.807, 2.05) is 25.1 Å². The van der Waals surface area contributed by atoms with Crippen LogP contribution in [0.1, 0.15) is 18.9 Å². The molecule has 0 heterocycles. The summed E-state index contributed by atoms with van der Waals surface area (Å²) in [6, 6.07) is 9.13. The van der Waals surface area contributed by atoms with Crippen LogP contribution >= 0.6 is 0 Å². The largest absolute Gasteiger partial charge is 0.395 e. The molecule has 0 aromatic heterocycles. The van der Waals surface area contributed by atoms with E-state index in [4.69, 9.17) is 4.84 Å². The third kappa shape index (κ3) is 3.01. The van der Waals surface area contributed by atoms with E-state index in [0.717, 1.165) is 12.0 Å². The fraction of sp³-hybridized carbons (Fsp3) is 0.273. The van der Waals surface area contributed by atoms with Crippen LogP contribution in [0.2, 0.25) is 0 Å². The molecule has 0 aliphatic rings. The Balaban J connectivity index is 2.72. The van der Waals surface area contributed by atoms with Crippen LogP contribution in [0.3, 0.4) is 0 Å². The highest BCUT2D eigenvalue weighted by Crippen LogP contribution is 2.00. The lowest BCUT2D eigenvalue weighted by Gasteiger charge is -1.98. The Bertz CT molecular complexity index is 306. The third-order valence-electron chi connectivity index (χ3n) is 1.60. The quantitative estimate of drug-likeness (QED) is 0.404. The van der Waals surface area contributed by atoms with Crippen molar-refractivity contribution in [1.29, 1.82) is 0 Å². The van der Waals surface area contributed by atoms with Crippen LogP contribution in [0.5, 0.6) is 0 Å². The van der Waals surface area contributed by atoms with Gasteiger partial charge in [0.05, 0.1) is 0 Å². The zero-order valence-corrected chi connectivity index (χ0v) is 8.06. The molecule has 0 spiro atoms. The van der Waals surface area contributed by atoms with E-state index >= 15 is 0 Å². The average Bonchev–Trinajstić information content (AvgIpc) is 2.26. The molecule has 1 aromatic carbocycles. The fourth-order valence-electron chi connectivity index (χ4n) is 0.928. The van der Waals surface area contributed by atoms with Crippen molar-refractivity contribution in [3.8, 4) is 0 Å². The second kappa shape index (κ2) is 5.91. The first-order chi connectivity index (χ1) is 6.88. The molecule has 1 aromatic rings. The zero-order chi connectivity index (χ0) is 10.2. The minimum atomic E-state index is 0.207. The van der Waals surface area contributed by atoms with Crippen molar-refractivity contribution < 1.29 is 9.63 Å². The monoisotopic (exact) mass is 190 g/mol. The molecule has 14 heavy (non-hydrogen) atoms. The minimum Gasteiger partial charge on any atom is -0.395 e. The van der Waals surface area contributed by atoms with Crippen LogP contribution in [0.15, 0.2) is 35.5 Å². The summed E-state index contributed by atoms with van der Waals surface area (Å²) in [6.07, 6.45) is 2.62. The van der Waals surface area contributed by atoms with Crippen molar-refractivity contribution >= 4 is 12.0 Å². The number of hydrogen-bond acceptors (Lipinski definition) is 3. The van der Waals surface area contributed by atoms with E-state index in [9.17, 15) is 4.79 Å². The van der Waals surface area contributed by atoms with Gasteiger partial charge in [-0.2, -0.15) is 0 Å². The van der Waals surface area contributed by atoms with Crippen molar-refractivity contribution in [2.24, 2.45) is 5.16 Å². The van der Waals surface area contributed by atoms with Gasteiger partial charge in [-0.25, -0.2) is 0 Å². The van der Waals surface area contributed by atoms with E-state index in [-0.39, 0.29) is 5.71 Å². The predicted octanol–water partition coefficient (Wildman–Crippen LogP) is 1.93. The maximum Gasteiger partial charge on any atom is 0.257 e. The molecule has 3 heteroatoms. The molecule has 0 amide bonds. The Hall–Kier alpha value is -1.64. The second-order valence-electron chi connectivity index (χ2n) is 2.74. The number of rotatable bonds is 5. The van der Waals surface area contributed by atoms with Crippen molar-refractivity contribution in [2.45, 2.75) is 13.3 Å². The summed E-state index contributed by atoms with van der Waals surface area (Å²) in [6.45, 7) is 2.49. The van der Waals surface area contributed by atoms with Crippen LogP contribution in [-0.4, -0.2) is 18.6 Å². The summed E-state index contributed by atoms with van der Waals surface area (Å²) in [5.74, 6) is 0. The number of benzene rings is 1. The lowest BCUT2D eigenvalue weighted by molar-refractivity contribution is 0.146. The third-order valence-corrected chi connectivity index (χ3v) is 1.60. The smallest absolute Gasteiger partial charge is 0.257 e. The highest BCUT2D eigenvalue weighted by molar-refractivity contribution is 6.36. The van der Waals surface area contributed by atoms with Gasteiger partial charge < -0.3 is 4.84 Å². The van der Waals surface area contributed by atoms with Gasteiger partial charge in [-0.15, -0.1) is 0 Å². The van der Waals surface area contributed by atoms with Gasteiger partial charge in [0.15, 0.2) is 5.71 Å². The molecule has 0 aliphatic heterocycles. The maximum absolute atomic E-state index is 10.6. The average molecular weight is 190 g/mol. The normalized spacial score (nSPS) is 11.1. The predicted molar refractivity (Wildman–Crippen MR) is 54.9 cm³/mol. The molecule has 0 fully saturated rings. The first kappa shape index (κ1) is 10.4. The summed E-state index contributed by atoms with van der Waals surface area (Å²) < 4.78 is 0. The van der Waals surface area contributed by atoms with Crippen molar-refractivity contribution in [2.75, 3.05) is 6.61 Å². The molecule has 0 aliphatic carbocycles. The highest BCUT2D eigenvalue weighted by Gasteiger charge is 2.02. The Morgan fingerprint density at radius 3 is 2.71 bits per heavy atom. The van der Waals surface area contributed by atoms with Crippen LogP contribution in [0.4, 0.5) is 0 Å². The number of oxime groups is 1. The van der Waals surface area contributed by atoms with E-state index in [2.05, 4.69) is 5.16 Å². The van der Waals surface area contributed by atoms with Gasteiger partial charge in [-0.3, -0.25) is 4.79 Å². The zero-order valence-electron chi connectivity index (χ0n) is 8.06. The lowest BCUT2D eigenvalue weighted by atomic mass is 10.1. The van der Waals surface area contributed by atoms with Crippen LogP contribution in [0.25, 0.3) is 0 Å². The van der Waals surface area contributed by atoms with Gasteiger partial charge in [0.25, 0.3) is 6.29 Å². The molecule has 3 nitrogen and oxygen atoms in total. The summed E-state index contributed by atoms with van der Waals surface area (Å²) in [5, 5.41) is 3.70. The van der Waals surface area contributed by atoms with Gasteiger partial charge in [-0.1, -0.05) is 42.4 Å². The second-order valence-corrected chi connectivity index (χ2v) is 2.74. The molecule has 0 saturated heterocycles. The van der Waals surface area contributed by atoms with E-state index in [1.54, 1.807) is 18.4 Å². The number of carbonyl (C=O) groups excluding carboxylic acids is 1. The molecule has 73 valence electrons. The molecule has 1 radical (unpaired) electrons. The molecule has 0 saturated carbocycles. The molecule has 0 N–H and O–H groups in total. The van der Waals surface area contributed by atoms with E-state index < -0.39 is 0 Å².